The van der Waals surface area contributed by atoms with Crippen molar-refractivity contribution < 1.29 is 0 Å². The van der Waals surface area contributed by atoms with E-state index >= 15 is 0 Å². The first-order chi connectivity index (χ1) is 10.1. The fourth-order valence-electron chi connectivity index (χ4n) is 3.57. The van der Waals surface area contributed by atoms with Gasteiger partial charge in [-0.1, -0.05) is 36.7 Å². The number of anilines is 1. The summed E-state index contributed by atoms with van der Waals surface area (Å²) in [6.45, 7) is 4.28. The average Bonchev–Trinajstić information content (AvgIpc) is 3.01. The van der Waals surface area contributed by atoms with Gasteiger partial charge in [-0.15, -0.1) is 0 Å². The summed E-state index contributed by atoms with van der Waals surface area (Å²) >= 11 is 11.3. The lowest BCUT2D eigenvalue weighted by atomic mass is 10.1. The molecule has 1 aromatic rings. The monoisotopic (exact) mass is 323 g/mol. The van der Waals surface area contributed by atoms with Crippen molar-refractivity contribution in [2.75, 3.05) is 31.1 Å². The Balaban J connectivity index is 1.71. The van der Waals surface area contributed by atoms with E-state index in [1.807, 2.05) is 18.2 Å². The molecule has 0 amide bonds. The van der Waals surface area contributed by atoms with Crippen LogP contribution in [0.5, 0.6) is 0 Å². The fourth-order valence-corrected chi connectivity index (χ4v) is 3.91. The number of nitrogens with zero attached hydrogens (tertiary/aromatic N) is 2. The first kappa shape index (κ1) is 15.1. The van der Waals surface area contributed by atoms with Gasteiger partial charge in [0.25, 0.3) is 0 Å². The molecule has 2 fully saturated rings. The summed E-state index contributed by atoms with van der Waals surface area (Å²) in [6, 6.07) is 6.58. The van der Waals surface area contributed by atoms with Crippen LogP contribution in [0.1, 0.15) is 31.2 Å². The Morgan fingerprint density at radius 3 is 2.43 bits per heavy atom. The van der Waals surface area contributed by atoms with E-state index in [1.54, 1.807) is 0 Å². The largest absolute Gasteiger partial charge is 0.389 e. The lowest BCUT2D eigenvalue weighted by Gasteiger charge is -2.39. The maximum Gasteiger partial charge on any atom is 0.106 e. The third-order valence-corrected chi connectivity index (χ3v) is 5.18. The molecule has 1 aliphatic heterocycles. The molecule has 5 heteroatoms. The number of hydrogen-bond donors (Lipinski definition) is 1. The number of benzene rings is 1. The zero-order valence-corrected chi connectivity index (χ0v) is 13.8. The summed E-state index contributed by atoms with van der Waals surface area (Å²) in [6.07, 6.45) is 5.53. The molecule has 2 aliphatic rings. The summed E-state index contributed by atoms with van der Waals surface area (Å²) in [4.78, 5) is 5.46. The van der Waals surface area contributed by atoms with E-state index in [0.29, 0.717) is 4.99 Å². The SMILES string of the molecule is NC(=S)c1ccc(Cl)cc1N1CCN(C2CCCC2)CC1. The third-order valence-electron chi connectivity index (χ3n) is 4.72. The first-order valence-electron chi connectivity index (χ1n) is 7.73. The molecule has 1 saturated heterocycles. The van der Waals surface area contributed by atoms with Gasteiger partial charge in [0.2, 0.25) is 0 Å². The lowest BCUT2D eigenvalue weighted by Crippen LogP contribution is -2.50. The molecule has 0 bridgehead atoms. The predicted octanol–water partition coefficient (Wildman–Crippen LogP) is 3.04. The Morgan fingerprint density at radius 2 is 1.81 bits per heavy atom. The van der Waals surface area contributed by atoms with Gasteiger partial charge in [0.15, 0.2) is 0 Å². The van der Waals surface area contributed by atoms with Gasteiger partial charge in [0.1, 0.15) is 4.99 Å². The molecular weight excluding hydrogens is 302 g/mol. The minimum absolute atomic E-state index is 0.444. The van der Waals surface area contributed by atoms with Gasteiger partial charge in [0, 0.05) is 48.5 Å². The zero-order valence-electron chi connectivity index (χ0n) is 12.2. The van der Waals surface area contributed by atoms with Crippen molar-refractivity contribution in [1.29, 1.82) is 0 Å². The summed E-state index contributed by atoms with van der Waals surface area (Å²) in [5.74, 6) is 0. The predicted molar refractivity (Wildman–Crippen MR) is 93.4 cm³/mol. The van der Waals surface area contributed by atoms with E-state index < -0.39 is 0 Å². The highest BCUT2D eigenvalue weighted by atomic mass is 35.5. The molecule has 1 aromatic carbocycles. The normalized spacial score (nSPS) is 20.9. The van der Waals surface area contributed by atoms with E-state index in [-0.39, 0.29) is 0 Å². The van der Waals surface area contributed by atoms with Crippen molar-refractivity contribution >= 4 is 34.5 Å². The van der Waals surface area contributed by atoms with E-state index in [9.17, 15) is 0 Å². The number of nitrogens with two attached hydrogens (primary N) is 1. The second kappa shape index (κ2) is 6.51. The molecule has 2 N–H and O–H groups in total. The summed E-state index contributed by atoms with van der Waals surface area (Å²) < 4.78 is 0. The van der Waals surface area contributed by atoms with Crippen LogP contribution in [-0.2, 0) is 0 Å². The quantitative estimate of drug-likeness (QED) is 0.867. The molecule has 3 nitrogen and oxygen atoms in total. The van der Waals surface area contributed by atoms with E-state index in [1.165, 1.54) is 25.7 Å². The highest BCUT2D eigenvalue weighted by molar-refractivity contribution is 7.80. The Hall–Kier alpha value is -0.840. The summed E-state index contributed by atoms with van der Waals surface area (Å²) in [7, 11) is 0. The van der Waals surface area contributed by atoms with Crippen LogP contribution in [0.3, 0.4) is 0 Å². The van der Waals surface area contributed by atoms with Gasteiger partial charge in [0.05, 0.1) is 0 Å². The summed E-state index contributed by atoms with van der Waals surface area (Å²) in [5, 5.41) is 0.739. The van der Waals surface area contributed by atoms with E-state index in [2.05, 4.69) is 9.80 Å². The standard InChI is InChI=1S/C16H22ClN3S/c17-12-5-6-14(16(18)21)15(11-12)20-9-7-19(8-10-20)13-3-1-2-4-13/h5-6,11,13H,1-4,7-10H2,(H2,18,21). The fraction of sp³-hybridized carbons (Fsp3) is 0.562. The van der Waals surface area contributed by atoms with Crippen LogP contribution in [0.25, 0.3) is 0 Å². The molecule has 21 heavy (non-hydrogen) atoms. The van der Waals surface area contributed by atoms with Crippen LogP contribution < -0.4 is 10.6 Å². The minimum atomic E-state index is 0.444. The Bertz CT molecular complexity index is 520. The molecule has 1 heterocycles. The molecule has 3 rings (SSSR count). The van der Waals surface area contributed by atoms with Crippen molar-refractivity contribution in [2.24, 2.45) is 5.73 Å². The van der Waals surface area contributed by atoms with Gasteiger partial charge in [-0.3, -0.25) is 4.90 Å². The Labute approximate surface area is 137 Å². The van der Waals surface area contributed by atoms with Gasteiger partial charge in [-0.25, -0.2) is 0 Å². The van der Waals surface area contributed by atoms with Crippen molar-refractivity contribution in [2.45, 2.75) is 31.7 Å². The molecule has 0 aromatic heterocycles. The highest BCUT2D eigenvalue weighted by Gasteiger charge is 2.27. The Morgan fingerprint density at radius 1 is 1.14 bits per heavy atom. The first-order valence-corrected chi connectivity index (χ1v) is 8.52. The maximum absolute atomic E-state index is 6.15. The van der Waals surface area contributed by atoms with E-state index in [0.717, 1.165) is 48.5 Å². The number of halogens is 1. The smallest absolute Gasteiger partial charge is 0.106 e. The molecule has 1 saturated carbocycles. The van der Waals surface area contributed by atoms with Gasteiger partial charge in [-0.2, -0.15) is 0 Å². The number of thiocarbonyl (C=S) groups is 1. The third kappa shape index (κ3) is 3.33. The molecule has 0 unspecified atom stereocenters. The van der Waals surface area contributed by atoms with E-state index in [4.69, 9.17) is 29.6 Å². The van der Waals surface area contributed by atoms with Crippen molar-refractivity contribution in [3.05, 3.63) is 28.8 Å². The number of rotatable bonds is 3. The number of piperazine rings is 1. The molecule has 1 aliphatic carbocycles. The van der Waals surface area contributed by atoms with Crippen molar-refractivity contribution in [1.82, 2.24) is 4.90 Å². The lowest BCUT2D eigenvalue weighted by molar-refractivity contribution is 0.187. The second-order valence-electron chi connectivity index (χ2n) is 5.99. The maximum atomic E-state index is 6.15. The molecule has 0 spiro atoms. The highest BCUT2D eigenvalue weighted by Crippen LogP contribution is 2.28. The zero-order chi connectivity index (χ0) is 14.8. The molecule has 0 radical (unpaired) electrons. The Kier molecular flexibility index (Phi) is 4.67. The van der Waals surface area contributed by atoms with Crippen LogP contribution >= 0.6 is 23.8 Å². The van der Waals surface area contributed by atoms with Crippen LogP contribution in [0, 0.1) is 0 Å². The van der Waals surface area contributed by atoms with Crippen molar-refractivity contribution in [3.8, 4) is 0 Å². The minimum Gasteiger partial charge on any atom is -0.389 e. The second-order valence-corrected chi connectivity index (χ2v) is 6.86. The molecule has 0 atom stereocenters. The van der Waals surface area contributed by atoms with Gasteiger partial charge in [-0.05, 0) is 31.0 Å². The van der Waals surface area contributed by atoms with Crippen LogP contribution in [0.4, 0.5) is 5.69 Å². The molecular formula is C16H22ClN3S. The van der Waals surface area contributed by atoms with Crippen LogP contribution in [0.15, 0.2) is 18.2 Å². The molecule has 114 valence electrons. The summed E-state index contributed by atoms with van der Waals surface area (Å²) in [5.41, 5.74) is 7.87. The number of hydrogen-bond acceptors (Lipinski definition) is 3. The topological polar surface area (TPSA) is 32.5 Å². The van der Waals surface area contributed by atoms with Crippen molar-refractivity contribution in [3.63, 3.8) is 0 Å². The average molecular weight is 324 g/mol. The van der Waals surface area contributed by atoms with Gasteiger partial charge < -0.3 is 10.6 Å². The van der Waals surface area contributed by atoms with Crippen LogP contribution in [-0.4, -0.2) is 42.1 Å². The van der Waals surface area contributed by atoms with Gasteiger partial charge >= 0.3 is 0 Å². The van der Waals surface area contributed by atoms with Crippen LogP contribution in [0.2, 0.25) is 5.02 Å².